The van der Waals surface area contributed by atoms with Gasteiger partial charge in [0.05, 0.1) is 5.38 Å². The summed E-state index contributed by atoms with van der Waals surface area (Å²) in [5.74, 6) is -0.247. The molecule has 1 atom stereocenters. The van der Waals surface area contributed by atoms with Gasteiger partial charge < -0.3 is 0 Å². The van der Waals surface area contributed by atoms with E-state index >= 15 is 0 Å². The van der Waals surface area contributed by atoms with Gasteiger partial charge in [0.25, 0.3) is 0 Å². The topological polar surface area (TPSA) is 0 Å². The lowest BCUT2D eigenvalue weighted by Gasteiger charge is -2.18. The Bertz CT molecular complexity index is 603. The lowest BCUT2D eigenvalue weighted by molar-refractivity contribution is 0.624. The average molecular weight is 362 g/mol. The van der Waals surface area contributed by atoms with E-state index in [9.17, 15) is 4.39 Å². The maximum Gasteiger partial charge on any atom is 0.123 e. The molecule has 0 nitrogen and oxygen atoms in total. The van der Waals surface area contributed by atoms with Crippen molar-refractivity contribution in [3.63, 3.8) is 0 Å². The molecule has 0 spiro atoms. The van der Waals surface area contributed by atoms with Gasteiger partial charge in [0.2, 0.25) is 0 Å². The second-order valence-corrected chi connectivity index (χ2v) is 6.24. The summed E-state index contributed by atoms with van der Waals surface area (Å²) in [5.41, 5.74) is 3.38. The van der Waals surface area contributed by atoms with E-state index in [-0.39, 0.29) is 5.82 Å². The fourth-order valence-corrected chi connectivity index (χ4v) is 3.37. The number of benzene rings is 2. The van der Waals surface area contributed by atoms with E-state index in [2.05, 4.69) is 15.9 Å². The molecule has 0 saturated carbocycles. The van der Waals surface area contributed by atoms with Gasteiger partial charge in [-0.25, -0.2) is 4.39 Å². The molecular formula is C15H12BrCl2F. The fourth-order valence-electron chi connectivity index (χ4n) is 2.19. The first-order valence-corrected chi connectivity index (χ1v) is 7.36. The zero-order valence-corrected chi connectivity index (χ0v) is 13.6. The Kier molecular flexibility index (Phi) is 4.54. The molecule has 0 fully saturated rings. The second kappa shape index (κ2) is 5.82. The van der Waals surface area contributed by atoms with Crippen LogP contribution in [-0.4, -0.2) is 0 Å². The molecule has 0 N–H and O–H groups in total. The zero-order valence-electron chi connectivity index (χ0n) is 10.5. The molecule has 100 valence electrons. The number of alkyl halides is 1. The van der Waals surface area contributed by atoms with Gasteiger partial charge in [-0.15, -0.1) is 11.6 Å². The molecule has 0 aliphatic carbocycles. The van der Waals surface area contributed by atoms with Crippen LogP contribution < -0.4 is 0 Å². The van der Waals surface area contributed by atoms with Crippen molar-refractivity contribution in [1.82, 2.24) is 0 Å². The van der Waals surface area contributed by atoms with Crippen LogP contribution in [0.15, 0.2) is 34.8 Å². The number of hydrogen-bond acceptors (Lipinski definition) is 0. The van der Waals surface area contributed by atoms with Gasteiger partial charge >= 0.3 is 0 Å². The van der Waals surface area contributed by atoms with Crippen molar-refractivity contribution in [3.05, 3.63) is 67.9 Å². The molecule has 0 aliphatic rings. The maximum absolute atomic E-state index is 13.3. The van der Waals surface area contributed by atoms with Crippen molar-refractivity contribution in [2.75, 3.05) is 0 Å². The van der Waals surface area contributed by atoms with Crippen LogP contribution in [0.5, 0.6) is 0 Å². The lowest BCUT2D eigenvalue weighted by Crippen LogP contribution is -2.01. The minimum atomic E-state index is -0.398. The molecule has 0 saturated heterocycles. The Morgan fingerprint density at radius 2 is 1.68 bits per heavy atom. The van der Waals surface area contributed by atoms with Crippen LogP contribution in [0.25, 0.3) is 0 Å². The standard InChI is InChI=1S/C15H12BrCl2F/c1-8-5-11(19)6-9(2)14(8)15(18)12-7-10(16)3-4-13(12)17/h3-7,15H,1-2H3. The fraction of sp³-hybridized carbons (Fsp3) is 0.200. The van der Waals surface area contributed by atoms with E-state index in [4.69, 9.17) is 23.2 Å². The van der Waals surface area contributed by atoms with Crippen LogP contribution in [0.3, 0.4) is 0 Å². The number of halogens is 4. The summed E-state index contributed by atoms with van der Waals surface area (Å²) in [4.78, 5) is 0. The molecule has 0 amide bonds. The van der Waals surface area contributed by atoms with Gasteiger partial charge in [0.1, 0.15) is 5.82 Å². The van der Waals surface area contributed by atoms with Crippen molar-refractivity contribution in [3.8, 4) is 0 Å². The van der Waals surface area contributed by atoms with Crippen LogP contribution in [0.2, 0.25) is 5.02 Å². The van der Waals surface area contributed by atoms with E-state index in [0.717, 1.165) is 26.7 Å². The van der Waals surface area contributed by atoms with Crippen molar-refractivity contribution in [2.24, 2.45) is 0 Å². The summed E-state index contributed by atoms with van der Waals surface area (Å²) >= 11 is 16.2. The zero-order chi connectivity index (χ0) is 14.2. The lowest BCUT2D eigenvalue weighted by atomic mass is 9.95. The summed E-state index contributed by atoms with van der Waals surface area (Å²) in [6.07, 6.45) is 0. The minimum absolute atomic E-state index is 0.247. The van der Waals surface area contributed by atoms with Gasteiger partial charge in [-0.1, -0.05) is 27.5 Å². The third-order valence-corrected chi connectivity index (χ3v) is 4.33. The van der Waals surface area contributed by atoms with E-state index in [1.165, 1.54) is 12.1 Å². The van der Waals surface area contributed by atoms with Gasteiger partial charge in [0.15, 0.2) is 0 Å². The highest BCUT2D eigenvalue weighted by Crippen LogP contribution is 2.38. The quantitative estimate of drug-likeness (QED) is 0.559. The molecule has 1 unspecified atom stereocenters. The number of aryl methyl sites for hydroxylation is 2. The van der Waals surface area contributed by atoms with E-state index in [0.29, 0.717) is 5.02 Å². The molecule has 2 aromatic carbocycles. The first kappa shape index (κ1) is 14.8. The van der Waals surface area contributed by atoms with Crippen LogP contribution in [0, 0.1) is 19.7 Å². The summed E-state index contributed by atoms with van der Waals surface area (Å²) in [7, 11) is 0. The predicted molar refractivity (Wildman–Crippen MR) is 82.7 cm³/mol. The highest BCUT2D eigenvalue weighted by atomic mass is 79.9. The molecular weight excluding hydrogens is 350 g/mol. The van der Waals surface area contributed by atoms with Crippen molar-refractivity contribution >= 4 is 39.1 Å². The third-order valence-electron chi connectivity index (χ3n) is 3.04. The Labute approximate surface area is 130 Å². The van der Waals surface area contributed by atoms with Gasteiger partial charge in [0, 0.05) is 9.50 Å². The molecule has 2 rings (SSSR count). The maximum atomic E-state index is 13.3. The Hall–Kier alpha value is -0.570. The van der Waals surface area contributed by atoms with E-state index < -0.39 is 5.38 Å². The third kappa shape index (κ3) is 3.13. The van der Waals surface area contributed by atoms with Crippen molar-refractivity contribution in [2.45, 2.75) is 19.2 Å². The molecule has 19 heavy (non-hydrogen) atoms. The average Bonchev–Trinajstić information content (AvgIpc) is 2.30. The van der Waals surface area contributed by atoms with Gasteiger partial charge in [-0.2, -0.15) is 0 Å². The Morgan fingerprint density at radius 1 is 1.11 bits per heavy atom. The largest absolute Gasteiger partial charge is 0.207 e. The molecule has 4 heteroatoms. The van der Waals surface area contributed by atoms with Crippen LogP contribution in [0.1, 0.15) is 27.6 Å². The number of rotatable bonds is 2. The summed E-state index contributed by atoms with van der Waals surface area (Å²) < 4.78 is 14.3. The van der Waals surface area contributed by atoms with Crippen LogP contribution >= 0.6 is 39.1 Å². The highest BCUT2D eigenvalue weighted by Gasteiger charge is 2.19. The SMILES string of the molecule is Cc1cc(F)cc(C)c1C(Cl)c1cc(Br)ccc1Cl. The molecule has 2 aromatic rings. The first-order chi connectivity index (χ1) is 8.90. The highest BCUT2D eigenvalue weighted by molar-refractivity contribution is 9.10. The van der Waals surface area contributed by atoms with E-state index in [1.807, 2.05) is 26.0 Å². The van der Waals surface area contributed by atoms with Crippen molar-refractivity contribution < 1.29 is 4.39 Å². The molecule has 0 radical (unpaired) electrons. The predicted octanol–water partition coefficient (Wildman–Crippen LogP) is 6.19. The minimum Gasteiger partial charge on any atom is -0.207 e. The Morgan fingerprint density at radius 3 is 2.26 bits per heavy atom. The second-order valence-electron chi connectivity index (χ2n) is 4.48. The van der Waals surface area contributed by atoms with Gasteiger partial charge in [-0.05, 0) is 66.4 Å². The summed E-state index contributed by atoms with van der Waals surface area (Å²) in [5, 5.41) is 0.205. The summed E-state index contributed by atoms with van der Waals surface area (Å²) in [6, 6.07) is 8.53. The molecule has 0 aromatic heterocycles. The first-order valence-electron chi connectivity index (χ1n) is 5.76. The monoisotopic (exact) mass is 360 g/mol. The van der Waals surface area contributed by atoms with Crippen LogP contribution in [-0.2, 0) is 0 Å². The van der Waals surface area contributed by atoms with Gasteiger partial charge in [-0.3, -0.25) is 0 Å². The molecule has 0 heterocycles. The normalized spacial score (nSPS) is 12.5. The Balaban J connectivity index is 2.56. The smallest absolute Gasteiger partial charge is 0.123 e. The van der Waals surface area contributed by atoms with Crippen molar-refractivity contribution in [1.29, 1.82) is 0 Å². The van der Waals surface area contributed by atoms with E-state index in [1.54, 1.807) is 6.07 Å². The molecule has 0 aliphatic heterocycles. The number of hydrogen-bond donors (Lipinski definition) is 0. The molecule has 0 bridgehead atoms. The van der Waals surface area contributed by atoms with Crippen LogP contribution in [0.4, 0.5) is 4.39 Å². The summed E-state index contributed by atoms with van der Waals surface area (Å²) in [6.45, 7) is 3.71.